The number of alkyl halides is 3. The van der Waals surface area contributed by atoms with Crippen LogP contribution in [-0.2, 0) is 19.8 Å². The first-order chi connectivity index (χ1) is 8.45. The molecule has 0 aliphatic rings. The lowest BCUT2D eigenvalue weighted by Gasteiger charge is -2.07. The van der Waals surface area contributed by atoms with Crippen molar-refractivity contribution in [2.24, 2.45) is 7.05 Å². The maximum Gasteiger partial charge on any atom is 0.433 e. The van der Waals surface area contributed by atoms with Crippen LogP contribution in [0.2, 0.25) is 0 Å². The highest BCUT2D eigenvalue weighted by molar-refractivity contribution is 5.27. The van der Waals surface area contributed by atoms with Crippen molar-refractivity contribution in [2.45, 2.75) is 12.7 Å². The normalized spacial score (nSPS) is 11.6. The number of aromatic nitrogens is 4. The maximum atomic E-state index is 12.4. The van der Waals surface area contributed by atoms with Gasteiger partial charge in [-0.15, -0.1) is 0 Å². The van der Waals surface area contributed by atoms with Gasteiger partial charge in [0.25, 0.3) is 0 Å². The van der Waals surface area contributed by atoms with Gasteiger partial charge < -0.3 is 5.32 Å². The predicted molar refractivity (Wildman–Crippen MR) is 57.6 cm³/mol. The van der Waals surface area contributed by atoms with E-state index in [1.807, 2.05) is 0 Å². The zero-order chi connectivity index (χ0) is 13.2. The molecule has 0 bridgehead atoms. The van der Waals surface area contributed by atoms with Gasteiger partial charge in [-0.3, -0.25) is 4.68 Å². The highest BCUT2D eigenvalue weighted by Gasteiger charge is 2.32. The second kappa shape index (κ2) is 4.63. The van der Waals surface area contributed by atoms with Crippen LogP contribution in [0.15, 0.2) is 24.7 Å². The predicted octanol–water partition coefficient (Wildman–Crippen LogP) is 1.84. The van der Waals surface area contributed by atoms with Gasteiger partial charge in [0.05, 0.1) is 6.20 Å². The van der Waals surface area contributed by atoms with Crippen molar-refractivity contribution >= 4 is 5.95 Å². The van der Waals surface area contributed by atoms with E-state index < -0.39 is 11.9 Å². The molecule has 0 saturated heterocycles. The van der Waals surface area contributed by atoms with E-state index in [1.54, 1.807) is 24.1 Å². The molecule has 0 unspecified atom stereocenters. The van der Waals surface area contributed by atoms with Gasteiger partial charge in [-0.1, -0.05) is 0 Å². The standard InChI is InChI=1S/C10H10F3N5/c1-18-6-7(5-16-18)4-15-9-14-3-2-8(17-9)10(11,12)13/h2-3,5-6H,4H2,1H3,(H,14,15,17). The van der Waals surface area contributed by atoms with Gasteiger partial charge in [0, 0.05) is 31.5 Å². The van der Waals surface area contributed by atoms with Gasteiger partial charge in [-0.05, 0) is 6.07 Å². The summed E-state index contributed by atoms with van der Waals surface area (Å²) in [5.74, 6) is -0.0614. The van der Waals surface area contributed by atoms with Crippen LogP contribution in [0.4, 0.5) is 19.1 Å². The summed E-state index contributed by atoms with van der Waals surface area (Å²) in [6, 6.07) is 0.829. The SMILES string of the molecule is Cn1cc(CNc2nccc(C(F)(F)F)n2)cn1. The Labute approximate surface area is 101 Å². The second-order valence-electron chi connectivity index (χ2n) is 3.64. The second-order valence-corrected chi connectivity index (χ2v) is 3.64. The van der Waals surface area contributed by atoms with Crippen molar-refractivity contribution in [3.63, 3.8) is 0 Å². The lowest BCUT2D eigenvalue weighted by atomic mass is 10.3. The van der Waals surface area contributed by atoms with Gasteiger partial charge in [-0.2, -0.15) is 18.3 Å². The smallest absolute Gasteiger partial charge is 0.350 e. The average molecular weight is 257 g/mol. The quantitative estimate of drug-likeness (QED) is 0.911. The lowest BCUT2D eigenvalue weighted by molar-refractivity contribution is -0.141. The van der Waals surface area contributed by atoms with E-state index >= 15 is 0 Å². The van der Waals surface area contributed by atoms with E-state index in [9.17, 15) is 13.2 Å². The van der Waals surface area contributed by atoms with E-state index in [4.69, 9.17) is 0 Å². The van der Waals surface area contributed by atoms with Crippen molar-refractivity contribution in [3.05, 3.63) is 35.9 Å². The molecule has 0 atom stereocenters. The summed E-state index contributed by atoms with van der Waals surface area (Å²) in [4.78, 5) is 7.12. The van der Waals surface area contributed by atoms with Crippen molar-refractivity contribution in [3.8, 4) is 0 Å². The van der Waals surface area contributed by atoms with Crippen LogP contribution in [-0.4, -0.2) is 19.7 Å². The first kappa shape index (κ1) is 12.3. The zero-order valence-corrected chi connectivity index (χ0v) is 9.44. The monoisotopic (exact) mass is 257 g/mol. The molecule has 0 amide bonds. The van der Waals surface area contributed by atoms with E-state index in [-0.39, 0.29) is 5.95 Å². The number of nitrogens with zero attached hydrogens (tertiary/aromatic N) is 4. The van der Waals surface area contributed by atoms with Gasteiger partial charge in [-0.25, -0.2) is 9.97 Å². The molecular formula is C10H10F3N5. The number of halogens is 3. The molecule has 8 heteroatoms. The third-order valence-corrected chi connectivity index (χ3v) is 2.15. The summed E-state index contributed by atoms with van der Waals surface area (Å²) in [6.07, 6.45) is -0.0315. The van der Waals surface area contributed by atoms with Crippen LogP contribution in [0, 0.1) is 0 Å². The molecule has 18 heavy (non-hydrogen) atoms. The third-order valence-electron chi connectivity index (χ3n) is 2.15. The average Bonchev–Trinajstić information content (AvgIpc) is 2.72. The van der Waals surface area contributed by atoms with Crippen LogP contribution < -0.4 is 5.32 Å². The van der Waals surface area contributed by atoms with Crippen molar-refractivity contribution in [1.82, 2.24) is 19.7 Å². The van der Waals surface area contributed by atoms with E-state index in [1.165, 1.54) is 0 Å². The summed E-state index contributed by atoms with van der Waals surface area (Å²) < 4.78 is 38.8. The first-order valence-corrected chi connectivity index (χ1v) is 5.07. The summed E-state index contributed by atoms with van der Waals surface area (Å²) in [7, 11) is 1.75. The topological polar surface area (TPSA) is 55.6 Å². The molecule has 0 aliphatic carbocycles. The first-order valence-electron chi connectivity index (χ1n) is 5.07. The van der Waals surface area contributed by atoms with Crippen LogP contribution >= 0.6 is 0 Å². The van der Waals surface area contributed by atoms with E-state index in [0.29, 0.717) is 6.54 Å². The van der Waals surface area contributed by atoms with Gasteiger partial charge in [0.2, 0.25) is 5.95 Å². The van der Waals surface area contributed by atoms with Crippen molar-refractivity contribution in [2.75, 3.05) is 5.32 Å². The fraction of sp³-hybridized carbons (Fsp3) is 0.300. The minimum Gasteiger partial charge on any atom is -0.350 e. The molecule has 2 aromatic heterocycles. The number of anilines is 1. The molecule has 0 fully saturated rings. The van der Waals surface area contributed by atoms with Gasteiger partial charge in [0.1, 0.15) is 5.69 Å². The van der Waals surface area contributed by atoms with E-state index in [2.05, 4.69) is 20.4 Å². The van der Waals surface area contributed by atoms with Crippen LogP contribution in [0.1, 0.15) is 11.3 Å². The fourth-order valence-electron chi connectivity index (χ4n) is 1.35. The highest BCUT2D eigenvalue weighted by Crippen LogP contribution is 2.27. The summed E-state index contributed by atoms with van der Waals surface area (Å²) in [6.45, 7) is 0.315. The Morgan fingerprint density at radius 2 is 2.17 bits per heavy atom. The molecule has 96 valence electrons. The Kier molecular flexibility index (Phi) is 3.17. The number of nitrogens with one attached hydrogen (secondary N) is 1. The summed E-state index contributed by atoms with van der Waals surface area (Å²) >= 11 is 0. The minimum absolute atomic E-state index is 0.0614. The van der Waals surface area contributed by atoms with Crippen molar-refractivity contribution < 1.29 is 13.2 Å². The molecule has 5 nitrogen and oxygen atoms in total. The molecule has 2 aromatic rings. The molecule has 2 rings (SSSR count). The molecule has 0 aromatic carbocycles. The summed E-state index contributed by atoms with van der Waals surface area (Å²) in [5, 5.41) is 6.65. The Bertz CT molecular complexity index is 534. The molecule has 0 aliphatic heterocycles. The van der Waals surface area contributed by atoms with Crippen LogP contribution in [0.5, 0.6) is 0 Å². The Hall–Kier alpha value is -2.12. The minimum atomic E-state index is -4.46. The summed E-state index contributed by atoms with van der Waals surface area (Å²) in [5.41, 5.74) is -0.135. The third kappa shape index (κ3) is 2.96. The fourth-order valence-corrected chi connectivity index (χ4v) is 1.35. The molecule has 1 N–H and O–H groups in total. The van der Waals surface area contributed by atoms with Crippen LogP contribution in [0.3, 0.4) is 0 Å². The molecule has 0 spiro atoms. The maximum absolute atomic E-state index is 12.4. The molecular weight excluding hydrogens is 247 g/mol. The lowest BCUT2D eigenvalue weighted by Crippen LogP contribution is -2.11. The largest absolute Gasteiger partial charge is 0.433 e. The Balaban J connectivity index is 2.06. The number of aryl methyl sites for hydroxylation is 1. The number of hydrogen-bond acceptors (Lipinski definition) is 4. The van der Waals surface area contributed by atoms with E-state index in [0.717, 1.165) is 17.8 Å². The van der Waals surface area contributed by atoms with Crippen LogP contribution in [0.25, 0.3) is 0 Å². The molecule has 0 saturated carbocycles. The Morgan fingerprint density at radius 1 is 1.39 bits per heavy atom. The van der Waals surface area contributed by atoms with Gasteiger partial charge >= 0.3 is 6.18 Å². The zero-order valence-electron chi connectivity index (χ0n) is 9.44. The number of hydrogen-bond donors (Lipinski definition) is 1. The van der Waals surface area contributed by atoms with Crippen molar-refractivity contribution in [1.29, 1.82) is 0 Å². The number of rotatable bonds is 3. The van der Waals surface area contributed by atoms with Gasteiger partial charge in [0.15, 0.2) is 0 Å². The molecule has 0 radical (unpaired) electrons. The Morgan fingerprint density at radius 3 is 2.78 bits per heavy atom. The molecule has 2 heterocycles. The highest BCUT2D eigenvalue weighted by atomic mass is 19.4.